The van der Waals surface area contributed by atoms with Gasteiger partial charge >= 0.3 is 6.18 Å². The maximum atomic E-state index is 13.0. The monoisotopic (exact) mass is 351 g/mol. The molecule has 0 radical (unpaired) electrons. The molecule has 25 heavy (non-hydrogen) atoms. The van der Waals surface area contributed by atoms with Crippen LogP contribution in [-0.2, 0) is 13.2 Å². The van der Waals surface area contributed by atoms with Gasteiger partial charge in [-0.05, 0) is 31.7 Å². The number of aryl methyl sites for hydroxylation is 1. The predicted octanol–water partition coefficient (Wildman–Crippen LogP) is 3.89. The van der Waals surface area contributed by atoms with Crippen LogP contribution < -0.4 is 4.74 Å². The second kappa shape index (κ2) is 6.22. The Kier molecular flexibility index (Phi) is 4.36. The lowest BCUT2D eigenvalue weighted by molar-refractivity contribution is -0.137. The quantitative estimate of drug-likeness (QED) is 0.822. The first-order chi connectivity index (χ1) is 11.7. The zero-order valence-corrected chi connectivity index (χ0v) is 14.6. The number of benzene rings is 1. The van der Waals surface area contributed by atoms with E-state index < -0.39 is 11.7 Å². The fraction of sp³-hybridized carbons (Fsp3) is 0.389. The number of nitrogens with zero attached hydrogens (tertiary/aromatic N) is 3. The summed E-state index contributed by atoms with van der Waals surface area (Å²) in [5.41, 5.74) is 3.00. The molecule has 1 aromatic heterocycles. The predicted molar refractivity (Wildman–Crippen MR) is 89.3 cm³/mol. The van der Waals surface area contributed by atoms with Gasteiger partial charge in [0.15, 0.2) is 0 Å². The van der Waals surface area contributed by atoms with Crippen LogP contribution in [0.3, 0.4) is 0 Å². The molecule has 4 nitrogen and oxygen atoms in total. The van der Waals surface area contributed by atoms with E-state index in [0.717, 1.165) is 29.0 Å². The van der Waals surface area contributed by atoms with Gasteiger partial charge < -0.3 is 4.74 Å². The maximum absolute atomic E-state index is 13.0. The van der Waals surface area contributed by atoms with E-state index in [9.17, 15) is 13.2 Å². The molecule has 2 aromatic rings. The lowest BCUT2D eigenvalue weighted by Crippen LogP contribution is -2.25. The van der Waals surface area contributed by atoms with Crippen molar-refractivity contribution in [3.05, 3.63) is 52.9 Å². The number of hydrogen-bond donors (Lipinski definition) is 0. The molecule has 0 N–H and O–H groups in total. The van der Waals surface area contributed by atoms with E-state index in [1.807, 2.05) is 21.0 Å². The number of alkyl halides is 3. The molecule has 1 aliphatic heterocycles. The fourth-order valence-electron chi connectivity index (χ4n) is 3.38. The molecule has 134 valence electrons. The first-order valence-corrected chi connectivity index (χ1v) is 7.88. The number of fused-ring (bicyclic) bond motifs is 1. The second-order valence-corrected chi connectivity index (χ2v) is 6.26. The number of ether oxygens (including phenoxy) is 1. The van der Waals surface area contributed by atoms with Gasteiger partial charge in [-0.25, -0.2) is 0 Å². The average Bonchev–Trinajstić information content (AvgIpc) is 2.87. The standard InChI is InChI=1S/C18H20F3N3O/c1-11-7-8-23(2)17(14-10-22-24(3)16(11)14)13-6-5-12(18(19,20)21)9-15(13)25-4/h5-7,9-10,17H,8H2,1-4H3. The second-order valence-electron chi connectivity index (χ2n) is 6.26. The van der Waals surface area contributed by atoms with Crippen LogP contribution in [0.4, 0.5) is 13.2 Å². The van der Waals surface area contributed by atoms with Crippen molar-refractivity contribution >= 4 is 5.57 Å². The molecule has 1 unspecified atom stereocenters. The number of aromatic nitrogens is 2. The van der Waals surface area contributed by atoms with Crippen molar-refractivity contribution in [3.8, 4) is 5.75 Å². The maximum Gasteiger partial charge on any atom is 0.416 e. The molecule has 0 aliphatic carbocycles. The smallest absolute Gasteiger partial charge is 0.416 e. The van der Waals surface area contributed by atoms with Gasteiger partial charge in [0.2, 0.25) is 0 Å². The number of rotatable bonds is 2. The number of hydrogen-bond acceptors (Lipinski definition) is 3. The molecule has 1 aliphatic rings. The molecule has 2 heterocycles. The summed E-state index contributed by atoms with van der Waals surface area (Å²) in [7, 11) is 5.19. The highest BCUT2D eigenvalue weighted by atomic mass is 19.4. The van der Waals surface area contributed by atoms with Gasteiger partial charge in [-0.2, -0.15) is 18.3 Å². The molecule has 0 spiro atoms. The molecule has 0 bridgehead atoms. The van der Waals surface area contributed by atoms with E-state index in [2.05, 4.69) is 16.1 Å². The lowest BCUT2D eigenvalue weighted by Gasteiger charge is -2.28. The summed E-state index contributed by atoms with van der Waals surface area (Å²) in [4.78, 5) is 2.07. The molecule has 3 rings (SSSR count). The van der Waals surface area contributed by atoms with Crippen molar-refractivity contribution in [1.82, 2.24) is 14.7 Å². The number of halogens is 3. The molecular formula is C18H20F3N3O. The summed E-state index contributed by atoms with van der Waals surface area (Å²) in [5.74, 6) is 0.223. The van der Waals surface area contributed by atoms with E-state index in [4.69, 9.17) is 4.74 Å². The Bertz CT molecular complexity index is 823. The van der Waals surface area contributed by atoms with E-state index in [-0.39, 0.29) is 11.8 Å². The van der Waals surface area contributed by atoms with Gasteiger partial charge in [0.25, 0.3) is 0 Å². The first kappa shape index (κ1) is 17.5. The van der Waals surface area contributed by atoms with Gasteiger partial charge in [0.1, 0.15) is 5.75 Å². The van der Waals surface area contributed by atoms with Crippen molar-refractivity contribution in [1.29, 1.82) is 0 Å². The van der Waals surface area contributed by atoms with Gasteiger partial charge in [-0.3, -0.25) is 9.58 Å². The third-order valence-corrected chi connectivity index (χ3v) is 4.62. The van der Waals surface area contributed by atoms with Gasteiger partial charge in [-0.1, -0.05) is 12.1 Å². The highest BCUT2D eigenvalue weighted by molar-refractivity contribution is 5.66. The first-order valence-electron chi connectivity index (χ1n) is 7.88. The molecule has 0 amide bonds. The van der Waals surface area contributed by atoms with Crippen LogP contribution >= 0.6 is 0 Å². The fourth-order valence-corrected chi connectivity index (χ4v) is 3.38. The Morgan fingerprint density at radius 3 is 2.56 bits per heavy atom. The number of allylic oxidation sites excluding steroid dienone is 1. The van der Waals surface area contributed by atoms with Gasteiger partial charge in [-0.15, -0.1) is 0 Å². The van der Waals surface area contributed by atoms with Gasteiger partial charge in [0.05, 0.1) is 30.6 Å². The summed E-state index contributed by atoms with van der Waals surface area (Å²) in [6, 6.07) is 3.42. The summed E-state index contributed by atoms with van der Waals surface area (Å²) in [6.07, 6.45) is -0.536. The Morgan fingerprint density at radius 1 is 1.20 bits per heavy atom. The van der Waals surface area contributed by atoms with Crippen LogP contribution in [0.25, 0.3) is 5.57 Å². The summed E-state index contributed by atoms with van der Waals surface area (Å²) in [6.45, 7) is 2.69. The molecule has 0 fully saturated rings. The number of likely N-dealkylation sites (N-methyl/N-ethyl adjacent to an activating group) is 1. The van der Waals surface area contributed by atoms with Crippen LogP contribution in [0.2, 0.25) is 0 Å². The zero-order chi connectivity index (χ0) is 18.4. The van der Waals surface area contributed by atoms with Gasteiger partial charge in [0, 0.05) is 24.7 Å². The van der Waals surface area contributed by atoms with Crippen LogP contribution in [0.15, 0.2) is 30.5 Å². The van der Waals surface area contributed by atoms with Crippen molar-refractivity contribution in [3.63, 3.8) is 0 Å². The van der Waals surface area contributed by atoms with Crippen molar-refractivity contribution in [2.45, 2.75) is 19.1 Å². The van der Waals surface area contributed by atoms with Crippen LogP contribution in [0, 0.1) is 0 Å². The molecular weight excluding hydrogens is 331 g/mol. The Balaban J connectivity index is 2.17. The molecule has 0 saturated carbocycles. The highest BCUT2D eigenvalue weighted by Gasteiger charge is 2.34. The van der Waals surface area contributed by atoms with Crippen molar-refractivity contribution < 1.29 is 17.9 Å². The Morgan fingerprint density at radius 2 is 1.92 bits per heavy atom. The van der Waals surface area contributed by atoms with E-state index in [1.165, 1.54) is 13.2 Å². The highest BCUT2D eigenvalue weighted by Crippen LogP contribution is 2.41. The normalized spacial score (nSPS) is 18.5. The molecule has 0 saturated heterocycles. The minimum Gasteiger partial charge on any atom is -0.496 e. The topological polar surface area (TPSA) is 30.3 Å². The number of methoxy groups -OCH3 is 1. The van der Waals surface area contributed by atoms with Crippen LogP contribution in [0.1, 0.15) is 35.3 Å². The molecule has 1 aromatic carbocycles. The molecule has 7 heteroatoms. The van der Waals surface area contributed by atoms with Crippen molar-refractivity contribution in [2.24, 2.45) is 7.05 Å². The van der Waals surface area contributed by atoms with Crippen LogP contribution in [-0.4, -0.2) is 35.4 Å². The van der Waals surface area contributed by atoms with E-state index in [1.54, 1.807) is 10.9 Å². The van der Waals surface area contributed by atoms with E-state index >= 15 is 0 Å². The Labute approximate surface area is 144 Å². The summed E-state index contributed by atoms with van der Waals surface area (Å²) < 4.78 is 46.2. The van der Waals surface area contributed by atoms with Crippen molar-refractivity contribution in [2.75, 3.05) is 20.7 Å². The van der Waals surface area contributed by atoms with E-state index in [0.29, 0.717) is 12.1 Å². The van der Waals surface area contributed by atoms with Crippen LogP contribution in [0.5, 0.6) is 5.75 Å². The third-order valence-electron chi connectivity index (χ3n) is 4.62. The zero-order valence-electron chi connectivity index (χ0n) is 14.6. The average molecular weight is 351 g/mol. The minimum atomic E-state index is -4.40. The SMILES string of the molecule is COc1cc(C(F)(F)F)ccc1C1c2cnn(C)c2C(C)=CCN1C. The molecule has 1 atom stereocenters. The Hall–Kier alpha value is -2.28. The largest absolute Gasteiger partial charge is 0.496 e. The minimum absolute atomic E-state index is 0.223. The summed E-state index contributed by atoms with van der Waals surface area (Å²) in [5, 5.41) is 4.34. The third kappa shape index (κ3) is 3.04. The lowest BCUT2D eigenvalue weighted by atomic mass is 9.95. The summed E-state index contributed by atoms with van der Waals surface area (Å²) >= 11 is 0.